The number of benzene rings is 2. The van der Waals surface area contributed by atoms with Crippen molar-refractivity contribution in [1.82, 2.24) is 14.5 Å². The van der Waals surface area contributed by atoms with Crippen LogP contribution in [-0.2, 0) is 35.6 Å². The lowest BCUT2D eigenvalue weighted by Crippen LogP contribution is -2.52. The minimum Gasteiger partial charge on any atom is -0.487 e. The molecule has 14 heteroatoms. The predicted molar refractivity (Wildman–Crippen MR) is 154 cm³/mol. The number of ether oxygens (including phenoxy) is 3. The van der Waals surface area contributed by atoms with E-state index in [0.717, 1.165) is 9.87 Å². The third-order valence-electron chi connectivity index (χ3n) is 6.45. The van der Waals surface area contributed by atoms with Gasteiger partial charge >= 0.3 is 12.1 Å². The van der Waals surface area contributed by atoms with Crippen LogP contribution in [0.3, 0.4) is 0 Å². The third kappa shape index (κ3) is 7.46. The molecule has 0 saturated carbocycles. The molecule has 2 amide bonds. The van der Waals surface area contributed by atoms with Crippen molar-refractivity contribution in [1.29, 1.82) is 5.41 Å². The first-order chi connectivity index (χ1) is 19.7. The molecule has 2 aromatic carbocycles. The number of fused-ring (bicyclic) bond motifs is 1. The second-order valence-corrected chi connectivity index (χ2v) is 13.1. The summed E-state index contributed by atoms with van der Waals surface area (Å²) in [6, 6.07) is 11.5. The first-order valence-electron chi connectivity index (χ1n) is 12.9. The Morgan fingerprint density at radius 2 is 1.81 bits per heavy atom. The molecule has 0 bridgehead atoms. The number of amides is 2. The number of halogens is 1. The summed E-state index contributed by atoms with van der Waals surface area (Å²) < 4.78 is 42.9. The summed E-state index contributed by atoms with van der Waals surface area (Å²) >= 11 is 5.97. The monoisotopic (exact) mass is 618 g/mol. The molecule has 0 aliphatic carbocycles. The van der Waals surface area contributed by atoms with Crippen molar-refractivity contribution >= 4 is 51.5 Å². The molecule has 0 atom stereocenters. The summed E-state index contributed by atoms with van der Waals surface area (Å²) in [5.74, 6) is -0.605. The number of amidine groups is 1. The Morgan fingerprint density at radius 3 is 2.48 bits per heavy atom. The number of hydrogen-bond donors (Lipinski definition) is 2. The average Bonchev–Trinajstić information content (AvgIpc) is 2.93. The molecule has 2 heterocycles. The van der Waals surface area contributed by atoms with Crippen LogP contribution in [0.15, 0.2) is 47.4 Å². The van der Waals surface area contributed by atoms with Gasteiger partial charge in [-0.15, -0.1) is 0 Å². The molecule has 2 aliphatic rings. The van der Waals surface area contributed by atoms with Crippen molar-refractivity contribution in [3.8, 4) is 5.75 Å². The minimum absolute atomic E-state index is 0.0695. The molecule has 0 unspecified atom stereocenters. The van der Waals surface area contributed by atoms with Crippen LogP contribution in [-0.4, -0.2) is 74.5 Å². The van der Waals surface area contributed by atoms with E-state index in [0.29, 0.717) is 21.9 Å². The molecule has 0 radical (unpaired) electrons. The average molecular weight is 619 g/mol. The van der Waals surface area contributed by atoms with Gasteiger partial charge in [-0.1, -0.05) is 35.9 Å². The topological polar surface area (TPSA) is 155 Å². The number of nitrogens with one attached hydrogen (secondary N) is 2. The van der Waals surface area contributed by atoms with Crippen LogP contribution in [0.5, 0.6) is 5.75 Å². The molecule has 2 aromatic rings. The van der Waals surface area contributed by atoms with Gasteiger partial charge in [0.25, 0.3) is 0 Å². The van der Waals surface area contributed by atoms with Crippen LogP contribution in [0.2, 0.25) is 5.02 Å². The molecular formula is C28H31ClN4O8S. The van der Waals surface area contributed by atoms with Crippen LogP contribution in [0, 0.1) is 10.8 Å². The lowest BCUT2D eigenvalue weighted by Gasteiger charge is -2.34. The summed E-state index contributed by atoms with van der Waals surface area (Å²) in [5, 5.41) is 10.8. The molecule has 2 N–H and O–H groups in total. The number of sulfonamides is 1. The number of piperazine rings is 1. The standard InChI is InChI=1S/C28H31ClN4O8S/c1-28(2,3)26(35)40-17-41-27(36)31-25(30)19-6-4-18(5-7-19)14-32-10-11-33(15-24(32)34)42(37,38)22-12-20-8-9-21(29)13-23(20)39-16-22/h4-9,12-13H,10-11,14-17H2,1-3H3,(H2,30,31,36). The highest BCUT2D eigenvalue weighted by Crippen LogP contribution is 2.32. The molecule has 1 saturated heterocycles. The Kier molecular flexibility index (Phi) is 9.24. The summed E-state index contributed by atoms with van der Waals surface area (Å²) in [7, 11) is -3.91. The fourth-order valence-corrected chi connectivity index (χ4v) is 5.63. The van der Waals surface area contributed by atoms with E-state index in [4.69, 9.17) is 31.2 Å². The van der Waals surface area contributed by atoms with E-state index in [1.54, 1.807) is 68.1 Å². The van der Waals surface area contributed by atoms with E-state index in [-0.39, 0.29) is 49.4 Å². The van der Waals surface area contributed by atoms with Crippen LogP contribution >= 0.6 is 11.6 Å². The highest BCUT2D eigenvalue weighted by Gasteiger charge is 2.35. The molecule has 4 rings (SSSR count). The van der Waals surface area contributed by atoms with Gasteiger partial charge in [0, 0.05) is 35.8 Å². The summed E-state index contributed by atoms with van der Waals surface area (Å²) in [6.07, 6.45) is 0.588. The SMILES string of the molecule is CC(C)(C)C(=O)OCOC(=O)NC(=N)c1ccc(CN2CCN(S(=O)(=O)C3=Cc4ccc(Cl)cc4OC3)CC2=O)cc1. The zero-order valence-electron chi connectivity index (χ0n) is 23.3. The summed E-state index contributed by atoms with van der Waals surface area (Å²) in [4.78, 5) is 38.1. The Bertz CT molecular complexity index is 1530. The van der Waals surface area contributed by atoms with E-state index in [1.165, 1.54) is 6.08 Å². The van der Waals surface area contributed by atoms with Gasteiger partial charge in [-0.25, -0.2) is 13.2 Å². The van der Waals surface area contributed by atoms with Crippen LogP contribution in [0.1, 0.15) is 37.5 Å². The molecule has 2 aliphatic heterocycles. The normalized spacial score (nSPS) is 15.7. The van der Waals surface area contributed by atoms with E-state index in [2.05, 4.69) is 5.32 Å². The molecule has 1 fully saturated rings. The number of alkyl carbamates (subject to hydrolysis) is 1. The lowest BCUT2D eigenvalue weighted by molar-refractivity contribution is -0.161. The molecule has 0 spiro atoms. The van der Waals surface area contributed by atoms with Gasteiger partial charge in [0.2, 0.25) is 22.7 Å². The quantitative estimate of drug-likeness (QED) is 0.207. The van der Waals surface area contributed by atoms with Gasteiger partial charge in [0.1, 0.15) is 18.2 Å². The second kappa shape index (κ2) is 12.5. The highest BCUT2D eigenvalue weighted by molar-refractivity contribution is 7.93. The predicted octanol–water partition coefficient (Wildman–Crippen LogP) is 3.35. The first kappa shape index (κ1) is 31.0. The van der Waals surface area contributed by atoms with Crippen molar-refractivity contribution in [3.63, 3.8) is 0 Å². The largest absolute Gasteiger partial charge is 0.487 e. The number of carbonyl (C=O) groups excluding carboxylic acids is 3. The van der Waals surface area contributed by atoms with Gasteiger partial charge in [-0.3, -0.25) is 20.3 Å². The lowest BCUT2D eigenvalue weighted by atomic mass is 9.98. The van der Waals surface area contributed by atoms with Crippen molar-refractivity contribution in [2.75, 3.05) is 33.0 Å². The van der Waals surface area contributed by atoms with Gasteiger partial charge in [-0.2, -0.15) is 4.31 Å². The zero-order valence-corrected chi connectivity index (χ0v) is 24.9. The number of rotatable bonds is 7. The van der Waals surface area contributed by atoms with Crippen LogP contribution < -0.4 is 10.1 Å². The summed E-state index contributed by atoms with van der Waals surface area (Å²) in [5.41, 5.74) is 0.998. The van der Waals surface area contributed by atoms with Crippen LogP contribution in [0.4, 0.5) is 4.79 Å². The second-order valence-electron chi connectivity index (χ2n) is 10.7. The smallest absolute Gasteiger partial charge is 0.415 e. The number of hydrogen-bond acceptors (Lipinski definition) is 9. The number of esters is 1. The van der Waals surface area contributed by atoms with E-state index in [9.17, 15) is 22.8 Å². The Morgan fingerprint density at radius 1 is 1.10 bits per heavy atom. The van der Waals surface area contributed by atoms with Gasteiger partial charge in [0.05, 0.1) is 16.9 Å². The highest BCUT2D eigenvalue weighted by atomic mass is 35.5. The molecule has 0 aromatic heterocycles. The fourth-order valence-electron chi connectivity index (χ4n) is 4.05. The maximum Gasteiger partial charge on any atom is 0.415 e. The zero-order chi connectivity index (χ0) is 30.7. The fraction of sp³-hybridized carbons (Fsp3) is 0.357. The van der Waals surface area contributed by atoms with E-state index >= 15 is 0 Å². The Balaban J connectivity index is 1.28. The number of nitrogens with zero attached hydrogens (tertiary/aromatic N) is 2. The summed E-state index contributed by atoms with van der Waals surface area (Å²) in [6.45, 7) is 4.53. The van der Waals surface area contributed by atoms with Crippen molar-refractivity contribution in [2.24, 2.45) is 5.41 Å². The van der Waals surface area contributed by atoms with Crippen molar-refractivity contribution in [2.45, 2.75) is 27.3 Å². The molecule has 12 nitrogen and oxygen atoms in total. The van der Waals surface area contributed by atoms with E-state index in [1.807, 2.05) is 0 Å². The molecular weight excluding hydrogens is 588 g/mol. The van der Waals surface area contributed by atoms with Gasteiger partial charge < -0.3 is 19.1 Å². The first-order valence-corrected chi connectivity index (χ1v) is 14.8. The van der Waals surface area contributed by atoms with Crippen LogP contribution in [0.25, 0.3) is 6.08 Å². The molecule has 224 valence electrons. The van der Waals surface area contributed by atoms with Gasteiger partial charge in [-0.05, 0) is 50.6 Å². The van der Waals surface area contributed by atoms with Gasteiger partial charge in [0.15, 0.2) is 0 Å². The minimum atomic E-state index is -3.91. The number of carbonyl (C=O) groups is 3. The Labute approximate surface area is 248 Å². The van der Waals surface area contributed by atoms with E-state index < -0.39 is 34.3 Å². The maximum absolute atomic E-state index is 13.2. The maximum atomic E-state index is 13.2. The van der Waals surface area contributed by atoms with Crippen molar-refractivity contribution < 1.29 is 37.0 Å². The Hall–Kier alpha value is -3.94. The van der Waals surface area contributed by atoms with Crippen molar-refractivity contribution in [3.05, 3.63) is 69.1 Å². The molecule has 42 heavy (non-hydrogen) atoms. The third-order valence-corrected chi connectivity index (χ3v) is 8.58.